The standard InChI is InChI=1S/C14H22N2O/c1-10-8-16(9-11(2)17-10)14-7-5-4-6-13(14)12(3)15/h4-7,10-12H,8-9,15H2,1-3H3/t10-,11+,12?. The van der Waals surface area contributed by atoms with Crippen molar-refractivity contribution in [2.24, 2.45) is 5.73 Å². The van der Waals surface area contributed by atoms with E-state index in [1.165, 1.54) is 11.3 Å². The number of hydrogen-bond acceptors (Lipinski definition) is 3. The monoisotopic (exact) mass is 234 g/mol. The van der Waals surface area contributed by atoms with Gasteiger partial charge < -0.3 is 15.4 Å². The van der Waals surface area contributed by atoms with Crippen molar-refractivity contribution in [3.05, 3.63) is 29.8 Å². The van der Waals surface area contributed by atoms with Gasteiger partial charge in [0.25, 0.3) is 0 Å². The van der Waals surface area contributed by atoms with Crippen LogP contribution in [0.15, 0.2) is 24.3 Å². The Morgan fingerprint density at radius 3 is 2.41 bits per heavy atom. The van der Waals surface area contributed by atoms with Crippen LogP contribution < -0.4 is 10.6 Å². The van der Waals surface area contributed by atoms with Crippen LogP contribution in [-0.2, 0) is 4.74 Å². The average molecular weight is 234 g/mol. The fourth-order valence-corrected chi connectivity index (χ4v) is 2.54. The molecular formula is C14H22N2O. The van der Waals surface area contributed by atoms with Crippen molar-refractivity contribution >= 4 is 5.69 Å². The minimum atomic E-state index is 0.0691. The van der Waals surface area contributed by atoms with Crippen LogP contribution in [0.25, 0.3) is 0 Å². The summed E-state index contributed by atoms with van der Waals surface area (Å²) in [5.74, 6) is 0. The number of morpholine rings is 1. The van der Waals surface area contributed by atoms with Gasteiger partial charge in [-0.1, -0.05) is 18.2 Å². The summed E-state index contributed by atoms with van der Waals surface area (Å²) in [6.45, 7) is 8.16. The summed E-state index contributed by atoms with van der Waals surface area (Å²) in [4.78, 5) is 2.39. The van der Waals surface area contributed by atoms with E-state index < -0.39 is 0 Å². The van der Waals surface area contributed by atoms with Crippen molar-refractivity contribution < 1.29 is 4.74 Å². The number of nitrogens with two attached hydrogens (primary N) is 1. The van der Waals surface area contributed by atoms with Crippen molar-refractivity contribution in [1.29, 1.82) is 0 Å². The first-order valence-electron chi connectivity index (χ1n) is 6.33. The molecule has 1 aromatic rings. The minimum absolute atomic E-state index is 0.0691. The van der Waals surface area contributed by atoms with Crippen LogP contribution in [-0.4, -0.2) is 25.3 Å². The molecule has 0 saturated carbocycles. The van der Waals surface area contributed by atoms with Crippen LogP contribution >= 0.6 is 0 Å². The molecule has 1 aliphatic heterocycles. The summed E-state index contributed by atoms with van der Waals surface area (Å²) in [6, 6.07) is 8.47. The van der Waals surface area contributed by atoms with E-state index in [2.05, 4.69) is 43.0 Å². The maximum Gasteiger partial charge on any atom is 0.0726 e. The fraction of sp³-hybridized carbons (Fsp3) is 0.571. The molecule has 1 aromatic carbocycles. The summed E-state index contributed by atoms with van der Waals surface area (Å²) >= 11 is 0. The highest BCUT2D eigenvalue weighted by atomic mass is 16.5. The molecule has 2 rings (SSSR count). The molecule has 3 heteroatoms. The smallest absolute Gasteiger partial charge is 0.0726 e. The number of rotatable bonds is 2. The van der Waals surface area contributed by atoms with Gasteiger partial charge in [-0.2, -0.15) is 0 Å². The third-order valence-corrected chi connectivity index (χ3v) is 3.19. The van der Waals surface area contributed by atoms with E-state index in [4.69, 9.17) is 10.5 Å². The van der Waals surface area contributed by atoms with Gasteiger partial charge in [0.05, 0.1) is 12.2 Å². The Morgan fingerprint density at radius 1 is 1.24 bits per heavy atom. The Bertz CT molecular complexity index is 368. The minimum Gasteiger partial charge on any atom is -0.372 e. The highest BCUT2D eigenvalue weighted by Gasteiger charge is 2.24. The molecule has 1 unspecified atom stereocenters. The average Bonchev–Trinajstić information content (AvgIpc) is 2.27. The molecule has 3 nitrogen and oxygen atoms in total. The second-order valence-corrected chi connectivity index (χ2v) is 5.01. The molecule has 0 amide bonds. The molecule has 2 N–H and O–H groups in total. The highest BCUT2D eigenvalue weighted by molar-refractivity contribution is 5.55. The summed E-state index contributed by atoms with van der Waals surface area (Å²) < 4.78 is 5.77. The Kier molecular flexibility index (Phi) is 3.69. The van der Waals surface area contributed by atoms with Crippen molar-refractivity contribution in [2.75, 3.05) is 18.0 Å². The molecule has 0 aromatic heterocycles. The molecule has 0 radical (unpaired) electrons. The number of nitrogens with zero attached hydrogens (tertiary/aromatic N) is 1. The van der Waals surface area contributed by atoms with Gasteiger partial charge in [-0.05, 0) is 32.4 Å². The number of benzene rings is 1. The number of para-hydroxylation sites is 1. The third-order valence-electron chi connectivity index (χ3n) is 3.19. The number of ether oxygens (including phenoxy) is 1. The Balaban J connectivity index is 2.27. The first-order valence-corrected chi connectivity index (χ1v) is 6.33. The van der Waals surface area contributed by atoms with Crippen LogP contribution in [0.1, 0.15) is 32.4 Å². The zero-order chi connectivity index (χ0) is 12.4. The van der Waals surface area contributed by atoms with Gasteiger partial charge in [0.2, 0.25) is 0 Å². The summed E-state index contributed by atoms with van der Waals surface area (Å²) in [7, 11) is 0. The Morgan fingerprint density at radius 2 is 1.82 bits per heavy atom. The third kappa shape index (κ3) is 2.79. The van der Waals surface area contributed by atoms with E-state index in [1.54, 1.807) is 0 Å². The first kappa shape index (κ1) is 12.4. The van der Waals surface area contributed by atoms with Gasteiger partial charge in [0.15, 0.2) is 0 Å². The van der Waals surface area contributed by atoms with Crippen molar-refractivity contribution in [1.82, 2.24) is 0 Å². The Labute approximate surface area is 104 Å². The van der Waals surface area contributed by atoms with Crippen LogP contribution in [0.2, 0.25) is 0 Å². The van der Waals surface area contributed by atoms with Gasteiger partial charge in [0.1, 0.15) is 0 Å². The largest absolute Gasteiger partial charge is 0.372 e. The highest BCUT2D eigenvalue weighted by Crippen LogP contribution is 2.27. The molecule has 1 aliphatic rings. The van der Waals surface area contributed by atoms with Gasteiger partial charge in [-0.15, -0.1) is 0 Å². The fourth-order valence-electron chi connectivity index (χ4n) is 2.54. The van der Waals surface area contributed by atoms with E-state index in [1.807, 2.05) is 6.92 Å². The zero-order valence-corrected chi connectivity index (χ0v) is 10.9. The van der Waals surface area contributed by atoms with E-state index in [9.17, 15) is 0 Å². The second kappa shape index (κ2) is 5.07. The van der Waals surface area contributed by atoms with E-state index in [-0.39, 0.29) is 18.2 Å². The zero-order valence-electron chi connectivity index (χ0n) is 10.9. The van der Waals surface area contributed by atoms with Crippen LogP contribution in [0.3, 0.4) is 0 Å². The van der Waals surface area contributed by atoms with Gasteiger partial charge in [-0.25, -0.2) is 0 Å². The normalized spacial score (nSPS) is 26.9. The molecule has 1 fully saturated rings. The van der Waals surface area contributed by atoms with Crippen LogP contribution in [0.5, 0.6) is 0 Å². The molecule has 0 aliphatic carbocycles. The SMILES string of the molecule is CC(N)c1ccccc1N1C[C@@H](C)O[C@@H](C)C1. The quantitative estimate of drug-likeness (QED) is 0.853. The van der Waals surface area contributed by atoms with Gasteiger partial charge in [-0.3, -0.25) is 0 Å². The maximum atomic E-state index is 6.03. The van der Waals surface area contributed by atoms with Crippen LogP contribution in [0, 0.1) is 0 Å². The van der Waals surface area contributed by atoms with Crippen LogP contribution in [0.4, 0.5) is 5.69 Å². The molecular weight excluding hydrogens is 212 g/mol. The lowest BCUT2D eigenvalue weighted by atomic mass is 10.0. The molecule has 0 spiro atoms. The summed E-state index contributed by atoms with van der Waals surface area (Å²) in [6.07, 6.45) is 0.555. The van der Waals surface area contributed by atoms with Gasteiger partial charge >= 0.3 is 0 Å². The van der Waals surface area contributed by atoms with Crippen molar-refractivity contribution in [3.63, 3.8) is 0 Å². The lowest BCUT2D eigenvalue weighted by molar-refractivity contribution is -0.00527. The molecule has 1 heterocycles. The number of anilines is 1. The van der Waals surface area contributed by atoms with E-state index >= 15 is 0 Å². The predicted octanol–water partition coefficient (Wildman–Crippen LogP) is 2.32. The van der Waals surface area contributed by atoms with E-state index in [0.717, 1.165) is 13.1 Å². The molecule has 1 saturated heterocycles. The molecule has 94 valence electrons. The maximum absolute atomic E-state index is 6.03. The Hall–Kier alpha value is -1.06. The van der Waals surface area contributed by atoms with Crippen molar-refractivity contribution in [3.8, 4) is 0 Å². The lowest BCUT2D eigenvalue weighted by Gasteiger charge is -2.38. The predicted molar refractivity (Wildman–Crippen MR) is 71.3 cm³/mol. The summed E-state index contributed by atoms with van der Waals surface area (Å²) in [5, 5.41) is 0. The molecule has 17 heavy (non-hydrogen) atoms. The number of hydrogen-bond donors (Lipinski definition) is 1. The van der Waals surface area contributed by atoms with E-state index in [0.29, 0.717) is 0 Å². The van der Waals surface area contributed by atoms with Gasteiger partial charge in [0, 0.05) is 24.8 Å². The summed E-state index contributed by atoms with van der Waals surface area (Å²) in [5.41, 5.74) is 8.50. The molecule has 3 atom stereocenters. The lowest BCUT2D eigenvalue weighted by Crippen LogP contribution is -2.46. The second-order valence-electron chi connectivity index (χ2n) is 5.01. The first-order chi connectivity index (χ1) is 8.08. The topological polar surface area (TPSA) is 38.5 Å². The van der Waals surface area contributed by atoms with Crippen molar-refractivity contribution in [2.45, 2.75) is 39.0 Å². The molecule has 0 bridgehead atoms.